The van der Waals surface area contributed by atoms with Crippen molar-refractivity contribution in [2.75, 3.05) is 26.8 Å². The molecule has 1 fully saturated rings. The van der Waals surface area contributed by atoms with E-state index in [1.54, 1.807) is 13.3 Å². The third-order valence-electron chi connectivity index (χ3n) is 5.99. The van der Waals surface area contributed by atoms with Crippen LogP contribution >= 0.6 is 22.9 Å². The summed E-state index contributed by atoms with van der Waals surface area (Å²) in [5, 5.41) is 7.42. The second-order valence-corrected chi connectivity index (χ2v) is 10.3. The van der Waals surface area contributed by atoms with Gasteiger partial charge in [-0.2, -0.15) is 0 Å². The van der Waals surface area contributed by atoms with E-state index in [1.807, 2.05) is 22.8 Å². The van der Waals surface area contributed by atoms with Crippen molar-refractivity contribution in [3.8, 4) is 10.6 Å². The van der Waals surface area contributed by atoms with E-state index in [-0.39, 0.29) is 11.9 Å². The molecule has 10 heteroatoms. The minimum atomic E-state index is -0.108. The summed E-state index contributed by atoms with van der Waals surface area (Å²) in [5.74, 6) is 1.33. The number of carbonyl (C=O) groups is 1. The van der Waals surface area contributed by atoms with Gasteiger partial charge in [-0.05, 0) is 38.8 Å². The van der Waals surface area contributed by atoms with Crippen molar-refractivity contribution in [1.29, 1.82) is 0 Å². The summed E-state index contributed by atoms with van der Waals surface area (Å²) in [6.45, 7) is 7.31. The lowest BCUT2D eigenvalue weighted by Gasteiger charge is -2.34. The van der Waals surface area contributed by atoms with Crippen LogP contribution < -0.4 is 5.32 Å². The van der Waals surface area contributed by atoms with Crippen LogP contribution in [-0.4, -0.2) is 64.4 Å². The van der Waals surface area contributed by atoms with E-state index in [0.717, 1.165) is 36.6 Å². The maximum absolute atomic E-state index is 13.2. The molecule has 0 radical (unpaired) electrons. The molecule has 0 unspecified atom stereocenters. The molecule has 4 heterocycles. The number of rotatable bonds is 9. The number of carbonyl (C=O) groups excluding carboxylic acids is 1. The lowest BCUT2D eigenvalue weighted by atomic mass is 10.0. The van der Waals surface area contributed by atoms with Crippen LogP contribution in [-0.2, 0) is 17.7 Å². The molecule has 0 saturated carbocycles. The molecule has 178 valence electrons. The van der Waals surface area contributed by atoms with E-state index in [9.17, 15) is 4.79 Å². The predicted molar refractivity (Wildman–Crippen MR) is 129 cm³/mol. The summed E-state index contributed by atoms with van der Waals surface area (Å²) in [4.78, 5) is 21.0. The van der Waals surface area contributed by atoms with Crippen LogP contribution in [0.2, 0.25) is 4.34 Å². The lowest BCUT2D eigenvalue weighted by Crippen LogP contribution is -2.46. The smallest absolute Gasteiger partial charge is 0.269 e. The molecule has 0 atom stereocenters. The lowest BCUT2D eigenvalue weighted by molar-refractivity contribution is 0.0891. The van der Waals surface area contributed by atoms with Crippen molar-refractivity contribution >= 4 is 28.8 Å². The summed E-state index contributed by atoms with van der Waals surface area (Å²) < 4.78 is 13.4. The molecular weight excluding hydrogens is 462 g/mol. The summed E-state index contributed by atoms with van der Waals surface area (Å²) in [6.07, 6.45) is 4.14. The molecule has 4 rings (SSSR count). The van der Waals surface area contributed by atoms with Crippen LogP contribution in [0.5, 0.6) is 0 Å². The molecular formula is C23H30ClN5O3S. The molecule has 0 bridgehead atoms. The molecule has 0 aromatic carbocycles. The van der Waals surface area contributed by atoms with Gasteiger partial charge in [0.2, 0.25) is 0 Å². The van der Waals surface area contributed by atoms with Gasteiger partial charge >= 0.3 is 0 Å². The fraction of sp³-hybridized carbons (Fsp3) is 0.522. The summed E-state index contributed by atoms with van der Waals surface area (Å²) in [6, 6.07) is 6.31. The average Bonchev–Trinajstić information content (AvgIpc) is 3.53. The van der Waals surface area contributed by atoms with Gasteiger partial charge in [0, 0.05) is 44.8 Å². The van der Waals surface area contributed by atoms with E-state index in [2.05, 4.69) is 34.2 Å². The Labute approximate surface area is 202 Å². The van der Waals surface area contributed by atoms with Gasteiger partial charge in [0.1, 0.15) is 17.2 Å². The van der Waals surface area contributed by atoms with Crippen molar-refractivity contribution < 1.29 is 14.1 Å². The third-order valence-corrected chi connectivity index (χ3v) is 7.24. The quantitative estimate of drug-likeness (QED) is 0.485. The zero-order valence-corrected chi connectivity index (χ0v) is 20.8. The number of ether oxygens (including phenoxy) is 1. The molecule has 1 aliphatic rings. The van der Waals surface area contributed by atoms with Gasteiger partial charge < -0.3 is 24.0 Å². The van der Waals surface area contributed by atoms with Gasteiger partial charge in [-0.15, -0.1) is 11.3 Å². The van der Waals surface area contributed by atoms with Gasteiger partial charge in [-0.1, -0.05) is 16.8 Å². The van der Waals surface area contributed by atoms with Crippen molar-refractivity contribution in [2.45, 2.75) is 51.7 Å². The first-order valence-corrected chi connectivity index (χ1v) is 12.4. The van der Waals surface area contributed by atoms with Crippen LogP contribution in [0.25, 0.3) is 10.6 Å². The molecule has 8 nitrogen and oxygen atoms in total. The zero-order valence-electron chi connectivity index (χ0n) is 19.2. The highest BCUT2D eigenvalue weighted by molar-refractivity contribution is 7.19. The molecule has 3 aromatic heterocycles. The Morgan fingerprint density at radius 3 is 2.82 bits per heavy atom. The van der Waals surface area contributed by atoms with Crippen LogP contribution in [0, 0.1) is 0 Å². The van der Waals surface area contributed by atoms with E-state index >= 15 is 0 Å². The number of aromatic nitrogens is 3. The first-order valence-electron chi connectivity index (χ1n) is 11.2. The molecule has 1 amide bonds. The highest BCUT2D eigenvalue weighted by atomic mass is 35.5. The molecule has 33 heavy (non-hydrogen) atoms. The number of nitrogens with zero attached hydrogens (tertiary/aromatic N) is 4. The molecule has 0 aliphatic carbocycles. The Hall–Kier alpha value is -2.20. The van der Waals surface area contributed by atoms with Crippen LogP contribution in [0.1, 0.15) is 48.7 Å². The van der Waals surface area contributed by atoms with Crippen molar-refractivity contribution in [3.05, 3.63) is 45.9 Å². The summed E-state index contributed by atoms with van der Waals surface area (Å²) in [7, 11) is 1.65. The monoisotopic (exact) mass is 491 g/mol. The standard InChI is InChI=1S/C23H30ClN5O3S/c1-15(2)28-9-6-16(7-10-28)26-23(30)18-13-25-22(8-11-31-3)29(18)14-17-12-19(32-27-17)20-4-5-21(24)33-20/h4-5,12-13,15-16H,6-11,14H2,1-3H3,(H,26,30). The number of imidazole rings is 1. The van der Waals surface area contributed by atoms with Gasteiger partial charge in [0.25, 0.3) is 5.91 Å². The van der Waals surface area contributed by atoms with Gasteiger partial charge in [-0.3, -0.25) is 4.79 Å². The predicted octanol–water partition coefficient (Wildman–Crippen LogP) is 4.09. The van der Waals surface area contributed by atoms with Crippen molar-refractivity contribution in [2.24, 2.45) is 0 Å². The summed E-state index contributed by atoms with van der Waals surface area (Å²) in [5.41, 5.74) is 1.24. The van der Waals surface area contributed by atoms with Gasteiger partial charge in [0.15, 0.2) is 5.76 Å². The largest absolute Gasteiger partial charge is 0.384 e. The van der Waals surface area contributed by atoms with Crippen LogP contribution in [0.4, 0.5) is 0 Å². The molecule has 0 spiro atoms. The number of thiophene rings is 1. The maximum atomic E-state index is 13.2. The minimum absolute atomic E-state index is 0.108. The number of hydrogen-bond donors (Lipinski definition) is 1. The Kier molecular flexibility index (Phi) is 7.85. The first kappa shape index (κ1) is 23.9. The number of methoxy groups -OCH3 is 1. The number of amides is 1. The van der Waals surface area contributed by atoms with Crippen LogP contribution in [0.3, 0.4) is 0 Å². The van der Waals surface area contributed by atoms with Crippen molar-refractivity contribution in [3.63, 3.8) is 0 Å². The van der Waals surface area contributed by atoms with Gasteiger partial charge in [0.05, 0.1) is 28.6 Å². The third kappa shape index (κ3) is 5.84. The Morgan fingerprint density at radius 2 is 2.15 bits per heavy atom. The Bertz CT molecular complexity index is 1070. The number of hydrogen-bond acceptors (Lipinski definition) is 7. The summed E-state index contributed by atoms with van der Waals surface area (Å²) >= 11 is 7.48. The fourth-order valence-electron chi connectivity index (χ4n) is 4.10. The van der Waals surface area contributed by atoms with E-state index in [0.29, 0.717) is 47.1 Å². The highest BCUT2D eigenvalue weighted by Crippen LogP contribution is 2.31. The fourth-order valence-corrected chi connectivity index (χ4v) is 5.09. The first-order chi connectivity index (χ1) is 15.9. The Balaban J connectivity index is 1.49. The molecule has 3 aromatic rings. The van der Waals surface area contributed by atoms with Crippen molar-refractivity contribution in [1.82, 2.24) is 24.9 Å². The van der Waals surface area contributed by atoms with E-state index < -0.39 is 0 Å². The second kappa shape index (κ2) is 10.8. The topological polar surface area (TPSA) is 85.4 Å². The maximum Gasteiger partial charge on any atom is 0.269 e. The van der Waals surface area contributed by atoms with E-state index in [1.165, 1.54) is 11.3 Å². The zero-order chi connectivity index (χ0) is 23.4. The highest BCUT2D eigenvalue weighted by Gasteiger charge is 2.25. The SMILES string of the molecule is COCCc1ncc(C(=O)NC2CCN(C(C)C)CC2)n1Cc1cc(-c2ccc(Cl)s2)on1. The number of halogens is 1. The van der Waals surface area contributed by atoms with E-state index in [4.69, 9.17) is 20.9 Å². The Morgan fingerprint density at radius 1 is 1.36 bits per heavy atom. The number of likely N-dealkylation sites (tertiary alicyclic amines) is 1. The number of piperidine rings is 1. The second-order valence-electron chi connectivity index (χ2n) is 8.55. The number of nitrogens with one attached hydrogen (secondary N) is 1. The molecule has 1 N–H and O–H groups in total. The molecule has 1 saturated heterocycles. The molecule has 1 aliphatic heterocycles. The normalized spacial score (nSPS) is 15.4. The minimum Gasteiger partial charge on any atom is -0.384 e. The van der Waals surface area contributed by atoms with Gasteiger partial charge in [-0.25, -0.2) is 4.98 Å². The average molecular weight is 492 g/mol. The van der Waals surface area contributed by atoms with Crippen LogP contribution in [0.15, 0.2) is 28.9 Å².